The number of hydrogen-bond donors (Lipinski definition) is 2. The van der Waals surface area contributed by atoms with E-state index in [1.807, 2.05) is 18.2 Å². The van der Waals surface area contributed by atoms with E-state index in [4.69, 9.17) is 9.47 Å². The van der Waals surface area contributed by atoms with Crippen LogP contribution in [0.3, 0.4) is 0 Å². The summed E-state index contributed by atoms with van der Waals surface area (Å²) in [4.78, 5) is 11.5. The molecule has 0 saturated heterocycles. The van der Waals surface area contributed by atoms with Crippen molar-refractivity contribution in [1.82, 2.24) is 0 Å². The number of fused-ring (bicyclic) bond motifs is 8. The average molecular weight is 363 g/mol. The Morgan fingerprint density at radius 1 is 1.04 bits per heavy atom. The monoisotopic (exact) mass is 363 g/mol. The van der Waals surface area contributed by atoms with Gasteiger partial charge in [0.2, 0.25) is 6.79 Å². The minimum absolute atomic E-state index is 0.225. The molecule has 2 bridgehead atoms. The first-order chi connectivity index (χ1) is 13.2. The van der Waals surface area contributed by atoms with Gasteiger partial charge in [0.25, 0.3) is 0 Å². The van der Waals surface area contributed by atoms with Crippen molar-refractivity contribution in [3.63, 3.8) is 0 Å². The summed E-state index contributed by atoms with van der Waals surface area (Å²) in [6, 6.07) is 12.0. The van der Waals surface area contributed by atoms with Crippen molar-refractivity contribution < 1.29 is 19.4 Å². The van der Waals surface area contributed by atoms with E-state index in [0.29, 0.717) is 29.2 Å². The van der Waals surface area contributed by atoms with E-state index >= 15 is 0 Å². The van der Waals surface area contributed by atoms with Crippen LogP contribution in [0.2, 0.25) is 0 Å². The normalized spacial score (nSPS) is 31.9. The van der Waals surface area contributed by atoms with Gasteiger partial charge in [-0.05, 0) is 84.4 Å². The minimum atomic E-state index is -0.851. The summed E-state index contributed by atoms with van der Waals surface area (Å²) in [5, 5.41) is 13.2. The highest BCUT2D eigenvalue weighted by Crippen LogP contribution is 2.64. The molecule has 27 heavy (non-hydrogen) atoms. The van der Waals surface area contributed by atoms with Gasteiger partial charge in [0, 0.05) is 5.69 Å². The second-order valence-corrected chi connectivity index (χ2v) is 8.28. The second kappa shape index (κ2) is 5.41. The predicted molar refractivity (Wildman–Crippen MR) is 99.4 cm³/mol. The number of ether oxygens (including phenoxy) is 2. The number of carboxylic acid groups (broad SMARTS) is 1. The molecule has 0 spiro atoms. The van der Waals surface area contributed by atoms with Crippen molar-refractivity contribution in [3.8, 4) is 11.5 Å². The van der Waals surface area contributed by atoms with Crippen LogP contribution in [0.15, 0.2) is 36.4 Å². The molecule has 2 N–H and O–H groups in total. The van der Waals surface area contributed by atoms with Crippen LogP contribution in [0, 0.1) is 17.8 Å². The zero-order chi connectivity index (χ0) is 18.1. The Bertz CT molecular complexity index is 955. The number of carboxylic acids is 1. The van der Waals surface area contributed by atoms with Crippen molar-refractivity contribution in [1.29, 1.82) is 0 Å². The topological polar surface area (TPSA) is 67.8 Å². The van der Waals surface area contributed by atoms with Crippen LogP contribution < -0.4 is 14.8 Å². The number of benzene rings is 2. The molecule has 0 radical (unpaired) electrons. The zero-order valence-electron chi connectivity index (χ0n) is 14.9. The van der Waals surface area contributed by atoms with E-state index in [1.54, 1.807) is 6.07 Å². The van der Waals surface area contributed by atoms with E-state index in [-0.39, 0.29) is 12.8 Å². The molecule has 2 saturated carbocycles. The van der Waals surface area contributed by atoms with Gasteiger partial charge in [-0.2, -0.15) is 0 Å². The average Bonchev–Trinajstić information content (AvgIpc) is 3.42. The summed E-state index contributed by atoms with van der Waals surface area (Å²) in [6.07, 6.45) is 3.80. The fourth-order valence-corrected chi connectivity index (χ4v) is 6.06. The molecule has 5 nitrogen and oxygen atoms in total. The molecule has 0 aromatic heterocycles. The Labute approximate surface area is 157 Å². The lowest BCUT2D eigenvalue weighted by Gasteiger charge is -2.43. The zero-order valence-corrected chi connectivity index (χ0v) is 14.9. The van der Waals surface area contributed by atoms with Gasteiger partial charge in [-0.15, -0.1) is 0 Å². The van der Waals surface area contributed by atoms with E-state index < -0.39 is 5.97 Å². The standard InChI is InChI=1S/C22H21NO4/c24-22(25)14-3-5-16-15(8-14)19-11-1-2-12(7-11)20(19)21(23-16)13-4-6-17-18(9-13)27-10-26-17/h3-6,8-9,11-12,19-21,23H,1-2,7,10H2,(H,24,25)/t11-,12-,19-,20+,21-/m0/s1. The summed E-state index contributed by atoms with van der Waals surface area (Å²) in [7, 11) is 0. The van der Waals surface area contributed by atoms with Gasteiger partial charge in [0.05, 0.1) is 11.6 Å². The molecular formula is C22H21NO4. The summed E-state index contributed by atoms with van der Waals surface area (Å²) >= 11 is 0. The molecule has 0 amide bonds. The molecule has 2 aromatic carbocycles. The van der Waals surface area contributed by atoms with E-state index in [1.165, 1.54) is 30.4 Å². The molecule has 0 unspecified atom stereocenters. The van der Waals surface area contributed by atoms with Crippen LogP contribution >= 0.6 is 0 Å². The van der Waals surface area contributed by atoms with Crippen molar-refractivity contribution in [3.05, 3.63) is 53.1 Å². The number of anilines is 1. The third-order valence-corrected chi connectivity index (χ3v) is 7.09. The van der Waals surface area contributed by atoms with Gasteiger partial charge in [0.15, 0.2) is 11.5 Å². The van der Waals surface area contributed by atoms with Gasteiger partial charge in [-0.25, -0.2) is 4.79 Å². The maximum Gasteiger partial charge on any atom is 0.335 e. The van der Waals surface area contributed by atoms with Gasteiger partial charge in [0.1, 0.15) is 0 Å². The maximum atomic E-state index is 11.5. The summed E-state index contributed by atoms with van der Waals surface area (Å²) in [6.45, 7) is 0.286. The third-order valence-electron chi connectivity index (χ3n) is 7.09. The molecule has 2 heterocycles. The number of rotatable bonds is 2. The number of hydrogen-bond acceptors (Lipinski definition) is 4. The molecular weight excluding hydrogens is 342 g/mol. The Hall–Kier alpha value is -2.69. The van der Waals surface area contributed by atoms with Crippen LogP contribution in [0.25, 0.3) is 0 Å². The highest BCUT2D eigenvalue weighted by atomic mass is 16.7. The summed E-state index contributed by atoms with van der Waals surface area (Å²) in [5.41, 5.74) is 3.90. The maximum absolute atomic E-state index is 11.5. The fraction of sp³-hybridized carbons (Fsp3) is 0.409. The van der Waals surface area contributed by atoms with Crippen molar-refractivity contribution in [2.24, 2.45) is 17.8 Å². The van der Waals surface area contributed by atoms with Crippen molar-refractivity contribution in [2.45, 2.75) is 31.2 Å². The van der Waals surface area contributed by atoms with Gasteiger partial charge in [-0.1, -0.05) is 6.07 Å². The fourth-order valence-electron chi connectivity index (χ4n) is 6.06. The first-order valence-electron chi connectivity index (χ1n) is 9.72. The molecule has 5 atom stereocenters. The number of carbonyl (C=O) groups is 1. The second-order valence-electron chi connectivity index (χ2n) is 8.28. The lowest BCUT2D eigenvalue weighted by molar-refractivity contribution is 0.0696. The van der Waals surface area contributed by atoms with Crippen LogP contribution in [-0.2, 0) is 0 Å². The number of nitrogens with one attached hydrogen (secondary N) is 1. The Morgan fingerprint density at radius 2 is 1.89 bits per heavy atom. The molecule has 138 valence electrons. The first-order valence-corrected chi connectivity index (χ1v) is 9.72. The highest BCUT2D eigenvalue weighted by Gasteiger charge is 2.54. The van der Waals surface area contributed by atoms with Gasteiger partial charge >= 0.3 is 5.97 Å². The third kappa shape index (κ3) is 2.14. The van der Waals surface area contributed by atoms with Gasteiger partial charge < -0.3 is 19.9 Å². The Morgan fingerprint density at radius 3 is 2.78 bits per heavy atom. The molecule has 2 aliphatic heterocycles. The largest absolute Gasteiger partial charge is 0.478 e. The summed E-state index contributed by atoms with van der Waals surface area (Å²) in [5.74, 6) is 3.09. The van der Waals surface area contributed by atoms with E-state index in [2.05, 4.69) is 17.4 Å². The molecule has 4 aliphatic rings. The number of aromatic carboxylic acids is 1. The molecule has 5 heteroatoms. The van der Waals surface area contributed by atoms with Gasteiger partial charge in [-0.3, -0.25) is 0 Å². The lowest BCUT2D eigenvalue weighted by Crippen LogP contribution is -2.35. The first kappa shape index (κ1) is 15.4. The lowest BCUT2D eigenvalue weighted by atomic mass is 9.68. The molecule has 2 fully saturated rings. The SMILES string of the molecule is O=C(O)c1ccc2c(c1)[C@@H]1[C@H]3CC[C@@H](C3)[C@H]1[C@H](c1ccc3c(c1)OCO3)N2. The van der Waals surface area contributed by atoms with Crippen LogP contribution in [0.5, 0.6) is 11.5 Å². The molecule has 2 aliphatic carbocycles. The van der Waals surface area contributed by atoms with E-state index in [0.717, 1.165) is 17.2 Å². The van der Waals surface area contributed by atoms with Crippen molar-refractivity contribution >= 4 is 11.7 Å². The van der Waals surface area contributed by atoms with Crippen LogP contribution in [-0.4, -0.2) is 17.9 Å². The van der Waals surface area contributed by atoms with Crippen molar-refractivity contribution in [2.75, 3.05) is 12.1 Å². The summed E-state index contributed by atoms with van der Waals surface area (Å²) < 4.78 is 11.1. The Kier molecular flexibility index (Phi) is 3.08. The van der Waals surface area contributed by atoms with Crippen LogP contribution in [0.1, 0.15) is 52.7 Å². The van der Waals surface area contributed by atoms with Crippen LogP contribution in [0.4, 0.5) is 5.69 Å². The quantitative estimate of drug-likeness (QED) is 0.827. The molecule has 6 rings (SSSR count). The Balaban J connectivity index is 1.46. The smallest absolute Gasteiger partial charge is 0.335 e. The minimum Gasteiger partial charge on any atom is -0.478 e. The highest BCUT2D eigenvalue weighted by molar-refractivity contribution is 5.88. The molecule has 2 aromatic rings. The van der Waals surface area contributed by atoms with E-state index in [9.17, 15) is 9.90 Å². The predicted octanol–water partition coefficient (Wildman–Crippen LogP) is 4.41.